The first-order valence-corrected chi connectivity index (χ1v) is 5.77. The molecule has 0 spiro atoms. The zero-order valence-corrected chi connectivity index (χ0v) is 13.2. The summed E-state index contributed by atoms with van der Waals surface area (Å²) in [5.41, 5.74) is 0.121. The largest absolute Gasteiger partial charge is 1.00 e. The summed E-state index contributed by atoms with van der Waals surface area (Å²) in [5.74, 6) is -2.13. The molecule has 6 nitrogen and oxygen atoms in total. The Morgan fingerprint density at radius 3 is 2.17 bits per heavy atom. The van der Waals surface area contributed by atoms with Crippen LogP contribution in [0.15, 0.2) is 30.3 Å². The monoisotopic (exact) mass is 292 g/mol. The van der Waals surface area contributed by atoms with Crippen molar-refractivity contribution in [3.05, 3.63) is 41.5 Å². The Balaban J connectivity index is 0.00000162. The van der Waals surface area contributed by atoms with Gasteiger partial charge < -0.3 is 8.74 Å². The van der Waals surface area contributed by atoms with Crippen LogP contribution in [0.3, 0.4) is 0 Å². The Morgan fingerprint density at radius 1 is 1.06 bits per heavy atom. The molecule has 2 rings (SSSR count). The third-order valence-electron chi connectivity index (χ3n) is 2.11. The third-order valence-corrected chi connectivity index (χ3v) is 2.50. The molecule has 0 heterocycles. The first-order chi connectivity index (χ1) is 7.88. The Labute approximate surface area is 145 Å². The van der Waals surface area contributed by atoms with Gasteiger partial charge in [-0.1, -0.05) is 24.3 Å². The first-order valence-electron chi connectivity index (χ1n) is 4.43. The van der Waals surface area contributed by atoms with E-state index < -0.39 is 27.7 Å². The van der Waals surface area contributed by atoms with Crippen LogP contribution in [0.5, 0.6) is 0 Å². The number of fused-ring (bicyclic) bond motifs is 1. The number of Topliss-reactive ketones (excluding diaryl/α,β-unsaturated/α-hetero) is 1. The van der Waals surface area contributed by atoms with Gasteiger partial charge in [-0.15, -0.1) is 0 Å². The van der Waals surface area contributed by atoms with Crippen molar-refractivity contribution in [3.8, 4) is 0 Å². The van der Waals surface area contributed by atoms with Crippen LogP contribution in [0, 0.1) is 0 Å². The van der Waals surface area contributed by atoms with E-state index in [0.717, 1.165) is 0 Å². The minimum absolute atomic E-state index is 0. The molecule has 0 saturated heterocycles. The van der Waals surface area contributed by atoms with Gasteiger partial charge in [0.05, 0.1) is 0 Å². The number of rotatable bonds is 2. The molecule has 88 valence electrons. The molecule has 1 aromatic rings. The van der Waals surface area contributed by atoms with Gasteiger partial charge in [0.2, 0.25) is 11.6 Å². The molecule has 0 fully saturated rings. The van der Waals surface area contributed by atoms with E-state index in [1.807, 2.05) is 0 Å². The second kappa shape index (κ2) is 5.74. The summed E-state index contributed by atoms with van der Waals surface area (Å²) in [5, 5.41) is 0. The van der Waals surface area contributed by atoms with Crippen LogP contribution in [0.2, 0.25) is 0 Å². The van der Waals surface area contributed by atoms with E-state index in [-0.39, 0.29) is 62.5 Å². The van der Waals surface area contributed by atoms with E-state index in [4.69, 9.17) is 0 Å². The quantitative estimate of drug-likeness (QED) is 0.254. The maximum Gasteiger partial charge on any atom is 1.00 e. The predicted octanol–water partition coefficient (Wildman–Crippen LogP) is -2.73. The molecule has 0 aliphatic heterocycles. The summed E-state index contributed by atoms with van der Waals surface area (Å²) in [7, 11) is -4.99. The van der Waals surface area contributed by atoms with E-state index in [2.05, 4.69) is 4.18 Å². The van der Waals surface area contributed by atoms with Gasteiger partial charge in [0, 0.05) is 17.2 Å². The van der Waals surface area contributed by atoms with E-state index in [1.165, 1.54) is 24.3 Å². The molecular formula is C10H5KO6S. The molecular weight excluding hydrogens is 287 g/mol. The van der Waals surface area contributed by atoms with E-state index >= 15 is 0 Å². The number of benzene rings is 1. The number of carbonyl (C=O) groups excluding carboxylic acids is 2. The maximum absolute atomic E-state index is 11.5. The molecule has 1 aliphatic carbocycles. The Hall–Kier alpha value is -0.354. The molecule has 0 bridgehead atoms. The smallest absolute Gasteiger partial charge is 0.716 e. The molecule has 0 saturated carbocycles. The van der Waals surface area contributed by atoms with Crippen molar-refractivity contribution in [2.45, 2.75) is 0 Å². The average Bonchev–Trinajstić information content (AvgIpc) is 2.24. The minimum Gasteiger partial charge on any atom is -0.716 e. The summed E-state index contributed by atoms with van der Waals surface area (Å²) in [4.78, 5) is 22.7. The minimum atomic E-state index is -4.99. The van der Waals surface area contributed by atoms with Gasteiger partial charge in [0.1, 0.15) is 0 Å². The number of carbonyl (C=O) groups is 2. The van der Waals surface area contributed by atoms with Crippen molar-refractivity contribution in [3.63, 3.8) is 0 Å². The fourth-order valence-electron chi connectivity index (χ4n) is 1.47. The molecule has 18 heavy (non-hydrogen) atoms. The second-order valence-electron chi connectivity index (χ2n) is 3.24. The SMILES string of the molecule is O=C1C=C(OS(=O)(=O)[O-])c2ccccc2C1=O.[K+]. The van der Waals surface area contributed by atoms with Crippen LogP contribution in [0.1, 0.15) is 15.9 Å². The number of hydrogen-bond acceptors (Lipinski definition) is 6. The van der Waals surface area contributed by atoms with Crippen LogP contribution in [0.4, 0.5) is 0 Å². The van der Waals surface area contributed by atoms with Crippen LogP contribution in [-0.4, -0.2) is 24.5 Å². The fourth-order valence-corrected chi connectivity index (χ4v) is 1.83. The Bertz CT molecular complexity index is 646. The number of allylic oxidation sites excluding steroid dienone is 1. The van der Waals surface area contributed by atoms with Gasteiger partial charge in [0.15, 0.2) is 5.76 Å². The Morgan fingerprint density at radius 2 is 1.61 bits per heavy atom. The van der Waals surface area contributed by atoms with E-state index in [0.29, 0.717) is 6.08 Å². The van der Waals surface area contributed by atoms with Crippen molar-refractivity contribution in [2.24, 2.45) is 0 Å². The van der Waals surface area contributed by atoms with Crippen LogP contribution >= 0.6 is 0 Å². The molecule has 1 aliphatic rings. The van der Waals surface area contributed by atoms with Crippen molar-refractivity contribution in [2.75, 3.05) is 0 Å². The van der Waals surface area contributed by atoms with Crippen molar-refractivity contribution in [1.29, 1.82) is 0 Å². The van der Waals surface area contributed by atoms with E-state index in [1.54, 1.807) is 0 Å². The maximum atomic E-state index is 11.5. The molecule has 0 radical (unpaired) electrons. The molecule has 0 N–H and O–H groups in total. The fraction of sp³-hybridized carbons (Fsp3) is 0. The van der Waals surface area contributed by atoms with Gasteiger partial charge in [-0.3, -0.25) is 9.59 Å². The van der Waals surface area contributed by atoms with Crippen LogP contribution in [-0.2, 0) is 19.4 Å². The van der Waals surface area contributed by atoms with Gasteiger partial charge in [-0.2, -0.15) is 0 Å². The summed E-state index contributed by atoms with van der Waals surface area (Å²) in [6.45, 7) is 0. The van der Waals surface area contributed by atoms with Gasteiger partial charge in [-0.05, 0) is 0 Å². The zero-order chi connectivity index (χ0) is 12.6. The van der Waals surface area contributed by atoms with Crippen LogP contribution < -0.4 is 51.4 Å². The normalized spacial score (nSPS) is 14.4. The average molecular weight is 292 g/mol. The van der Waals surface area contributed by atoms with E-state index in [9.17, 15) is 22.6 Å². The van der Waals surface area contributed by atoms with Gasteiger partial charge >= 0.3 is 51.4 Å². The summed E-state index contributed by atoms with van der Waals surface area (Å²) in [6, 6.07) is 5.77. The first kappa shape index (κ1) is 15.7. The topological polar surface area (TPSA) is 101 Å². The summed E-state index contributed by atoms with van der Waals surface area (Å²) < 4.78 is 35.6. The van der Waals surface area contributed by atoms with Crippen LogP contribution in [0.25, 0.3) is 5.76 Å². The Kier molecular flexibility index (Phi) is 5.01. The molecule has 0 aromatic heterocycles. The van der Waals surface area contributed by atoms with Crippen molar-refractivity contribution >= 4 is 27.7 Å². The van der Waals surface area contributed by atoms with Crippen molar-refractivity contribution in [1.82, 2.24) is 0 Å². The molecule has 0 amide bonds. The number of ketones is 2. The van der Waals surface area contributed by atoms with Gasteiger partial charge in [-0.25, -0.2) is 8.42 Å². The molecule has 8 heteroatoms. The molecule has 0 atom stereocenters. The van der Waals surface area contributed by atoms with Gasteiger partial charge in [0.25, 0.3) is 10.4 Å². The third kappa shape index (κ3) is 3.35. The summed E-state index contributed by atoms with van der Waals surface area (Å²) >= 11 is 0. The standard InChI is InChI=1S/C10H6O6S.K/c11-8-5-9(16-17(13,14)15)6-3-1-2-4-7(6)10(8)12;/h1-5H,(H,13,14,15);/q;+1/p-1. The molecule has 0 unspecified atom stereocenters. The van der Waals surface area contributed by atoms with Crippen molar-refractivity contribution < 1.29 is 78.1 Å². The molecule has 1 aromatic carbocycles. The zero-order valence-electron chi connectivity index (χ0n) is 9.24. The second-order valence-corrected chi connectivity index (χ2v) is 4.22. The number of hydrogen-bond donors (Lipinski definition) is 0. The summed E-state index contributed by atoms with van der Waals surface area (Å²) in [6.07, 6.45) is 0.695. The predicted molar refractivity (Wildman–Crippen MR) is 54.5 cm³/mol.